The van der Waals surface area contributed by atoms with Gasteiger partial charge in [0.15, 0.2) is 0 Å². The quantitative estimate of drug-likeness (QED) is 0.437. The lowest BCUT2D eigenvalue weighted by molar-refractivity contribution is 0.176. The Morgan fingerprint density at radius 3 is 2.52 bits per heavy atom. The summed E-state index contributed by atoms with van der Waals surface area (Å²) in [6.45, 7) is 1.46. The van der Waals surface area contributed by atoms with Crippen LogP contribution in [0.25, 0.3) is 11.1 Å². The fourth-order valence-electron chi connectivity index (χ4n) is 3.68. The Kier molecular flexibility index (Phi) is 7.40. The van der Waals surface area contributed by atoms with E-state index >= 15 is 0 Å². The van der Waals surface area contributed by atoms with Crippen molar-refractivity contribution in [1.82, 2.24) is 14.9 Å². The molecule has 0 amide bonds. The van der Waals surface area contributed by atoms with Gasteiger partial charge in [-0.05, 0) is 42.3 Å². The molecule has 33 heavy (non-hydrogen) atoms. The van der Waals surface area contributed by atoms with E-state index in [0.717, 1.165) is 28.9 Å². The Morgan fingerprint density at radius 1 is 1.18 bits per heavy atom. The molecule has 2 unspecified atom stereocenters. The Hall–Kier alpha value is -3.18. The average molecular weight is 450 g/mol. The fourth-order valence-corrected chi connectivity index (χ4v) is 3.68. The normalized spacial score (nSPS) is 18.8. The van der Waals surface area contributed by atoms with E-state index in [9.17, 15) is 14.6 Å². The van der Waals surface area contributed by atoms with Crippen LogP contribution in [0.1, 0.15) is 36.9 Å². The number of benzene rings is 2. The van der Waals surface area contributed by atoms with Gasteiger partial charge in [0.25, 0.3) is 0 Å². The molecular formula is C26H28FN3O3. The van der Waals surface area contributed by atoms with E-state index in [1.807, 2.05) is 48.5 Å². The fraction of sp³-hybridized carbons (Fsp3) is 0.346. The van der Waals surface area contributed by atoms with Gasteiger partial charge in [0, 0.05) is 37.0 Å². The number of imidazole rings is 1. The van der Waals surface area contributed by atoms with Gasteiger partial charge >= 0.3 is 0 Å². The smallest absolute Gasteiger partial charge is 0.138 e. The van der Waals surface area contributed by atoms with Gasteiger partial charge in [-0.3, -0.25) is 0 Å². The maximum atomic E-state index is 12.2. The molecule has 1 heterocycles. The largest absolute Gasteiger partial charge is 0.489 e. The van der Waals surface area contributed by atoms with Crippen LogP contribution in [0.5, 0.6) is 5.75 Å². The summed E-state index contributed by atoms with van der Waals surface area (Å²) < 4.78 is 19.8. The summed E-state index contributed by atoms with van der Waals surface area (Å²) in [5.41, 5.74) is 2.96. The van der Waals surface area contributed by atoms with Crippen molar-refractivity contribution in [1.29, 1.82) is 0 Å². The van der Waals surface area contributed by atoms with Gasteiger partial charge in [0.2, 0.25) is 0 Å². The summed E-state index contributed by atoms with van der Waals surface area (Å²) in [4.78, 5) is 4.13. The molecule has 0 saturated heterocycles. The van der Waals surface area contributed by atoms with Crippen molar-refractivity contribution < 1.29 is 19.3 Å². The molecule has 1 aliphatic rings. The van der Waals surface area contributed by atoms with E-state index in [1.54, 1.807) is 23.9 Å². The van der Waals surface area contributed by atoms with Crippen LogP contribution in [-0.2, 0) is 0 Å². The maximum Gasteiger partial charge on any atom is 0.138 e. The van der Waals surface area contributed by atoms with Gasteiger partial charge in [0.1, 0.15) is 36.5 Å². The molecule has 0 radical (unpaired) electrons. The van der Waals surface area contributed by atoms with Crippen LogP contribution in [0.2, 0.25) is 0 Å². The predicted octanol–water partition coefficient (Wildman–Crippen LogP) is 3.27. The molecule has 1 aliphatic carbocycles. The van der Waals surface area contributed by atoms with Crippen LogP contribution in [0.3, 0.4) is 0 Å². The van der Waals surface area contributed by atoms with Crippen molar-refractivity contribution in [2.75, 3.05) is 19.8 Å². The molecule has 4 atom stereocenters. The van der Waals surface area contributed by atoms with Crippen molar-refractivity contribution in [3.05, 3.63) is 72.3 Å². The summed E-state index contributed by atoms with van der Waals surface area (Å²) in [6, 6.07) is 15.6. The summed E-state index contributed by atoms with van der Waals surface area (Å²) >= 11 is 0. The van der Waals surface area contributed by atoms with Crippen LogP contribution in [0.15, 0.2) is 60.9 Å². The third-order valence-electron chi connectivity index (χ3n) is 5.56. The molecule has 0 aliphatic heterocycles. The zero-order chi connectivity index (χ0) is 23.2. The van der Waals surface area contributed by atoms with E-state index in [1.165, 1.54) is 0 Å². The van der Waals surface area contributed by atoms with Crippen LogP contribution in [0, 0.1) is 11.8 Å². The second-order valence-corrected chi connectivity index (χ2v) is 8.08. The van der Waals surface area contributed by atoms with Gasteiger partial charge in [-0.2, -0.15) is 0 Å². The van der Waals surface area contributed by atoms with Gasteiger partial charge in [-0.25, -0.2) is 9.37 Å². The van der Waals surface area contributed by atoms with Crippen molar-refractivity contribution in [3.8, 4) is 28.7 Å². The number of aliphatic hydroxyl groups is 2. The molecule has 3 aromatic rings. The number of alkyl halides is 1. The van der Waals surface area contributed by atoms with E-state index in [2.05, 4.69) is 22.1 Å². The highest BCUT2D eigenvalue weighted by atomic mass is 19.1. The molecule has 6 nitrogen and oxygen atoms in total. The molecule has 1 aromatic heterocycles. The molecule has 0 spiro atoms. The van der Waals surface area contributed by atoms with Crippen LogP contribution in [0.4, 0.5) is 4.39 Å². The second kappa shape index (κ2) is 10.6. The molecule has 172 valence electrons. The molecule has 1 fully saturated rings. The summed E-state index contributed by atoms with van der Waals surface area (Å²) in [6.07, 6.45) is 3.57. The third kappa shape index (κ3) is 5.79. The number of rotatable bonds is 9. The minimum Gasteiger partial charge on any atom is -0.489 e. The zero-order valence-electron chi connectivity index (χ0n) is 18.5. The number of aliphatic hydroxyl groups excluding tert-OH is 2. The molecule has 2 aromatic carbocycles. The van der Waals surface area contributed by atoms with E-state index < -0.39 is 12.1 Å². The number of nitrogens with one attached hydrogen (secondary N) is 1. The molecular weight excluding hydrogens is 421 g/mol. The van der Waals surface area contributed by atoms with Crippen LogP contribution >= 0.6 is 0 Å². The minimum atomic E-state index is -0.740. The SMILES string of the molecule is C[C@H](O)c1nccn1[C@@H](C#Cc1ccc(-c2ccc(OC3CC3NCCF)cc2)cc1)CO. The number of hydrogen-bond donors (Lipinski definition) is 3. The Balaban J connectivity index is 1.38. The zero-order valence-corrected chi connectivity index (χ0v) is 18.5. The molecule has 0 bridgehead atoms. The van der Waals surface area contributed by atoms with E-state index in [-0.39, 0.29) is 25.4 Å². The first-order valence-electron chi connectivity index (χ1n) is 11.1. The standard InChI is InChI=1S/C26H28FN3O3/c1-18(32)26-29-14-15-30(26)22(17-31)9-4-19-2-5-20(6-3-19)21-7-10-23(11-8-21)33-25-16-24(25)28-13-12-27/h2-3,5-8,10-11,14-15,18,22,24-25,28,31-32H,12-13,16-17H2,1H3/t18-,22-,24?,25?/m0/s1. The number of halogens is 1. The van der Waals surface area contributed by atoms with Crippen LogP contribution in [-0.4, -0.2) is 51.7 Å². The Labute approximate surface area is 193 Å². The van der Waals surface area contributed by atoms with E-state index in [0.29, 0.717) is 12.4 Å². The average Bonchev–Trinajstić information content (AvgIpc) is 3.37. The van der Waals surface area contributed by atoms with Gasteiger partial charge in [-0.15, -0.1) is 0 Å². The third-order valence-corrected chi connectivity index (χ3v) is 5.56. The van der Waals surface area contributed by atoms with Crippen LogP contribution < -0.4 is 10.1 Å². The summed E-state index contributed by atoms with van der Waals surface area (Å²) in [5.74, 6) is 7.43. The predicted molar refractivity (Wildman–Crippen MR) is 125 cm³/mol. The van der Waals surface area contributed by atoms with Crippen molar-refractivity contribution in [2.24, 2.45) is 0 Å². The lowest BCUT2D eigenvalue weighted by Crippen LogP contribution is -2.23. The lowest BCUT2D eigenvalue weighted by Gasteiger charge is -2.14. The minimum absolute atomic E-state index is 0.113. The highest BCUT2D eigenvalue weighted by Crippen LogP contribution is 2.29. The first-order chi connectivity index (χ1) is 16.1. The maximum absolute atomic E-state index is 12.2. The van der Waals surface area contributed by atoms with Crippen molar-refractivity contribution >= 4 is 0 Å². The first kappa shape index (κ1) is 23.0. The Morgan fingerprint density at radius 2 is 1.88 bits per heavy atom. The number of hydrogen-bond acceptors (Lipinski definition) is 5. The number of ether oxygens (including phenoxy) is 1. The first-order valence-corrected chi connectivity index (χ1v) is 11.1. The van der Waals surface area contributed by atoms with Crippen molar-refractivity contribution in [2.45, 2.75) is 37.6 Å². The highest BCUT2D eigenvalue weighted by Gasteiger charge is 2.38. The molecule has 1 saturated carbocycles. The lowest BCUT2D eigenvalue weighted by atomic mass is 10.0. The second-order valence-electron chi connectivity index (χ2n) is 8.08. The van der Waals surface area contributed by atoms with Gasteiger partial charge < -0.3 is 24.8 Å². The monoisotopic (exact) mass is 449 g/mol. The number of aromatic nitrogens is 2. The molecule has 4 rings (SSSR count). The molecule has 7 heteroatoms. The molecule has 3 N–H and O–H groups in total. The van der Waals surface area contributed by atoms with Gasteiger partial charge in [0.05, 0.1) is 6.61 Å². The highest BCUT2D eigenvalue weighted by molar-refractivity contribution is 5.65. The van der Waals surface area contributed by atoms with Crippen molar-refractivity contribution in [3.63, 3.8) is 0 Å². The Bertz CT molecular complexity index is 1100. The summed E-state index contributed by atoms with van der Waals surface area (Å²) in [7, 11) is 0. The summed E-state index contributed by atoms with van der Waals surface area (Å²) in [5, 5.41) is 22.7. The topological polar surface area (TPSA) is 79.5 Å². The number of nitrogens with zero attached hydrogens (tertiary/aromatic N) is 2. The van der Waals surface area contributed by atoms with Gasteiger partial charge in [-0.1, -0.05) is 36.1 Å². The van der Waals surface area contributed by atoms with E-state index in [4.69, 9.17) is 4.74 Å².